The number of rotatable bonds is 42. The molecule has 0 aliphatic carbocycles. The third kappa shape index (κ3) is 41.6. The van der Waals surface area contributed by atoms with Gasteiger partial charge in [-0.15, -0.1) is 0 Å². The van der Waals surface area contributed by atoms with Gasteiger partial charge >= 0.3 is 13.8 Å². The lowest BCUT2D eigenvalue weighted by Gasteiger charge is -2.20. The lowest BCUT2D eigenvalue weighted by Crippen LogP contribution is -2.28. The Bertz CT molecular complexity index is 968. The summed E-state index contributed by atoms with van der Waals surface area (Å²) >= 11 is 0. The van der Waals surface area contributed by atoms with E-state index in [4.69, 9.17) is 24.3 Å². The minimum Gasteiger partial charge on any atom is -0.457 e. The van der Waals surface area contributed by atoms with Crippen LogP contribution in [-0.2, 0) is 27.9 Å². The Balaban J connectivity index is 4.06. The molecule has 2 unspecified atom stereocenters. The molecule has 0 rings (SSSR count). The van der Waals surface area contributed by atoms with Crippen molar-refractivity contribution in [1.82, 2.24) is 0 Å². The summed E-state index contributed by atoms with van der Waals surface area (Å²) < 4.78 is 33.4. The molecule has 8 nitrogen and oxygen atoms in total. The zero-order valence-electron chi connectivity index (χ0n) is 35.0. The number of carbonyl (C=O) groups is 1. The molecular formula is C45H84NO7P. The first-order valence-electron chi connectivity index (χ1n) is 22.1. The standard InChI is InChI=1S/C45H84NO7P/c1-3-5-7-9-11-13-15-17-19-20-21-22-23-24-25-26-28-30-32-34-36-38-45(47)53-44(43-52-54(48,49)51-41-39-46)42-50-40-37-35-33-31-29-27-18-16-14-12-10-8-6-4-2/h14-17,20-21,23-24,44H,3-13,18-19,22,25-43,46H2,1-2H3,(H,48,49)/b16-14-,17-15-,21-20-,24-23-. The number of nitrogens with two attached hydrogens (primary N) is 1. The van der Waals surface area contributed by atoms with Gasteiger partial charge in [0.2, 0.25) is 0 Å². The number of hydrogen-bond donors (Lipinski definition) is 2. The molecule has 0 radical (unpaired) electrons. The van der Waals surface area contributed by atoms with E-state index in [0.29, 0.717) is 13.0 Å². The first-order chi connectivity index (χ1) is 26.4. The minimum atomic E-state index is -4.28. The van der Waals surface area contributed by atoms with Gasteiger partial charge in [0, 0.05) is 19.6 Å². The molecule has 3 N–H and O–H groups in total. The van der Waals surface area contributed by atoms with Crippen LogP contribution < -0.4 is 5.73 Å². The molecule has 0 spiro atoms. The first kappa shape index (κ1) is 52.5. The second-order valence-corrected chi connectivity index (χ2v) is 16.0. The van der Waals surface area contributed by atoms with Crippen molar-refractivity contribution in [1.29, 1.82) is 0 Å². The number of phosphoric acid groups is 1. The minimum absolute atomic E-state index is 0.0956. The molecule has 0 aromatic heterocycles. The van der Waals surface area contributed by atoms with E-state index in [1.807, 2.05) is 0 Å². The lowest BCUT2D eigenvalue weighted by molar-refractivity contribution is -0.154. The number of ether oxygens (including phenoxy) is 2. The summed E-state index contributed by atoms with van der Waals surface area (Å²) in [5, 5.41) is 0. The molecular weight excluding hydrogens is 697 g/mol. The number of unbranched alkanes of at least 4 members (excludes halogenated alkanes) is 21. The van der Waals surface area contributed by atoms with Crippen LogP contribution in [0.25, 0.3) is 0 Å². The number of esters is 1. The Kier molecular flexibility index (Phi) is 41.4. The lowest BCUT2D eigenvalue weighted by atomic mass is 10.1. The molecule has 0 amide bonds. The van der Waals surface area contributed by atoms with Gasteiger partial charge in [0.05, 0.1) is 19.8 Å². The fourth-order valence-electron chi connectivity index (χ4n) is 5.94. The van der Waals surface area contributed by atoms with E-state index in [1.165, 1.54) is 116 Å². The number of carbonyl (C=O) groups excluding carboxylic acids is 1. The smallest absolute Gasteiger partial charge is 0.457 e. The predicted octanol–water partition coefficient (Wildman–Crippen LogP) is 13.2. The van der Waals surface area contributed by atoms with Crippen LogP contribution >= 0.6 is 7.82 Å². The maximum Gasteiger partial charge on any atom is 0.472 e. The van der Waals surface area contributed by atoms with E-state index in [1.54, 1.807) is 0 Å². The van der Waals surface area contributed by atoms with Crippen LogP contribution in [0, 0.1) is 0 Å². The zero-order chi connectivity index (χ0) is 39.5. The summed E-state index contributed by atoms with van der Waals surface area (Å²) in [6, 6.07) is 0. The normalized spacial score (nSPS) is 13.9. The van der Waals surface area contributed by atoms with E-state index < -0.39 is 13.9 Å². The van der Waals surface area contributed by atoms with Crippen LogP contribution in [-0.4, -0.2) is 49.9 Å². The Hall–Kier alpha value is -1.54. The molecule has 0 aliphatic heterocycles. The van der Waals surface area contributed by atoms with Crippen molar-refractivity contribution < 1.29 is 32.8 Å². The number of allylic oxidation sites excluding steroid dienone is 8. The first-order valence-corrected chi connectivity index (χ1v) is 23.6. The van der Waals surface area contributed by atoms with Crippen molar-refractivity contribution in [3.8, 4) is 0 Å². The third-order valence-electron chi connectivity index (χ3n) is 9.22. The summed E-state index contributed by atoms with van der Waals surface area (Å²) in [6.45, 7) is 4.87. The van der Waals surface area contributed by atoms with Crippen LogP contribution in [0.2, 0.25) is 0 Å². The summed E-state index contributed by atoms with van der Waals surface area (Å²) in [5.41, 5.74) is 5.37. The predicted molar refractivity (Wildman–Crippen MR) is 229 cm³/mol. The number of hydrogen-bond acceptors (Lipinski definition) is 7. The molecule has 0 aromatic carbocycles. The fourth-order valence-corrected chi connectivity index (χ4v) is 6.70. The average Bonchev–Trinajstić information content (AvgIpc) is 3.16. The van der Waals surface area contributed by atoms with Gasteiger partial charge in [-0.05, 0) is 77.0 Å². The van der Waals surface area contributed by atoms with E-state index in [9.17, 15) is 14.3 Å². The highest BCUT2D eigenvalue weighted by atomic mass is 31.2. The van der Waals surface area contributed by atoms with Crippen LogP contribution in [0.1, 0.15) is 194 Å². The van der Waals surface area contributed by atoms with Gasteiger partial charge in [0.1, 0.15) is 6.10 Å². The SMILES string of the molecule is CCCCCC/C=C\CCCCCCCCOCC(COP(=O)(O)OCCN)OC(=O)CCCCCCCC/C=C\C/C=C\C/C=C\CCCCCCC. The van der Waals surface area contributed by atoms with Gasteiger partial charge in [0.25, 0.3) is 0 Å². The van der Waals surface area contributed by atoms with Gasteiger partial charge in [-0.25, -0.2) is 4.57 Å². The topological polar surface area (TPSA) is 117 Å². The summed E-state index contributed by atoms with van der Waals surface area (Å²) in [7, 11) is -4.28. The molecule has 2 atom stereocenters. The zero-order valence-corrected chi connectivity index (χ0v) is 35.8. The van der Waals surface area contributed by atoms with Crippen LogP contribution in [0.15, 0.2) is 48.6 Å². The maximum absolute atomic E-state index is 12.6. The third-order valence-corrected chi connectivity index (χ3v) is 10.2. The summed E-state index contributed by atoms with van der Waals surface area (Å²) in [5.74, 6) is -0.345. The largest absolute Gasteiger partial charge is 0.472 e. The highest BCUT2D eigenvalue weighted by molar-refractivity contribution is 7.47. The molecule has 0 aliphatic rings. The highest BCUT2D eigenvalue weighted by Crippen LogP contribution is 2.43. The molecule has 316 valence electrons. The molecule has 0 fully saturated rings. The molecule has 0 aromatic rings. The second-order valence-electron chi connectivity index (χ2n) is 14.6. The molecule has 0 heterocycles. The average molecular weight is 782 g/mol. The van der Waals surface area contributed by atoms with Gasteiger partial charge in [0.15, 0.2) is 0 Å². The molecule has 9 heteroatoms. The quantitative estimate of drug-likeness (QED) is 0.0272. The van der Waals surface area contributed by atoms with Crippen molar-refractivity contribution in [3.05, 3.63) is 48.6 Å². The Labute approximate surface area is 332 Å². The van der Waals surface area contributed by atoms with Crippen LogP contribution in [0.3, 0.4) is 0 Å². The van der Waals surface area contributed by atoms with Gasteiger partial charge in [-0.3, -0.25) is 13.8 Å². The molecule has 0 saturated carbocycles. The van der Waals surface area contributed by atoms with Crippen molar-refractivity contribution >= 4 is 13.8 Å². The number of phosphoric ester groups is 1. The summed E-state index contributed by atoms with van der Waals surface area (Å²) in [4.78, 5) is 22.5. The van der Waals surface area contributed by atoms with Crippen LogP contribution in [0.5, 0.6) is 0 Å². The van der Waals surface area contributed by atoms with Crippen molar-refractivity contribution in [3.63, 3.8) is 0 Å². The summed E-state index contributed by atoms with van der Waals surface area (Å²) in [6.07, 6.45) is 49.8. The maximum atomic E-state index is 12.6. The van der Waals surface area contributed by atoms with Crippen molar-refractivity contribution in [2.75, 3.05) is 33.0 Å². The van der Waals surface area contributed by atoms with E-state index in [-0.39, 0.29) is 32.3 Å². The van der Waals surface area contributed by atoms with Gasteiger partial charge in [-0.1, -0.05) is 159 Å². The molecule has 0 saturated heterocycles. The Morgan fingerprint density at radius 2 is 0.981 bits per heavy atom. The van der Waals surface area contributed by atoms with Gasteiger partial charge < -0.3 is 20.1 Å². The van der Waals surface area contributed by atoms with E-state index in [2.05, 4.69) is 62.5 Å². The molecule has 0 bridgehead atoms. The van der Waals surface area contributed by atoms with E-state index >= 15 is 0 Å². The second kappa shape index (κ2) is 42.6. The Morgan fingerprint density at radius 1 is 0.556 bits per heavy atom. The highest BCUT2D eigenvalue weighted by Gasteiger charge is 2.25. The molecule has 54 heavy (non-hydrogen) atoms. The van der Waals surface area contributed by atoms with Crippen molar-refractivity contribution in [2.45, 2.75) is 200 Å². The fraction of sp³-hybridized carbons (Fsp3) is 0.800. The van der Waals surface area contributed by atoms with E-state index in [0.717, 1.165) is 57.8 Å². The monoisotopic (exact) mass is 782 g/mol. The van der Waals surface area contributed by atoms with Crippen molar-refractivity contribution in [2.24, 2.45) is 5.73 Å². The Morgan fingerprint density at radius 3 is 1.50 bits per heavy atom. The van der Waals surface area contributed by atoms with Gasteiger partial charge in [-0.2, -0.15) is 0 Å². The van der Waals surface area contributed by atoms with Crippen LogP contribution in [0.4, 0.5) is 0 Å².